The van der Waals surface area contributed by atoms with Crippen molar-refractivity contribution in [2.75, 3.05) is 0 Å². The Labute approximate surface area is 75.5 Å². The fourth-order valence-corrected chi connectivity index (χ4v) is 1.97. The van der Waals surface area contributed by atoms with Gasteiger partial charge in [-0.25, -0.2) is 0 Å². The van der Waals surface area contributed by atoms with Crippen LogP contribution < -0.4 is 0 Å². The van der Waals surface area contributed by atoms with Gasteiger partial charge in [-0.15, -0.1) is 0 Å². The quantitative estimate of drug-likeness (QED) is 0.266. The zero-order valence-corrected chi connectivity index (χ0v) is 7.17. The van der Waals surface area contributed by atoms with E-state index in [0.29, 0.717) is 0 Å². The number of esters is 1. The van der Waals surface area contributed by atoms with Gasteiger partial charge < -0.3 is 9.47 Å². The molecule has 4 heteroatoms. The van der Waals surface area contributed by atoms with E-state index in [0.717, 1.165) is 0 Å². The van der Waals surface area contributed by atoms with Crippen LogP contribution in [-0.2, 0) is 19.1 Å². The Morgan fingerprint density at radius 1 is 1.46 bits per heavy atom. The van der Waals surface area contributed by atoms with Crippen LogP contribution in [0, 0.1) is 11.8 Å². The standard InChI is InChI=1S/C9H10O4/c1-5-6-2-3-7(13-6)8(5)9(11)12-4-10/h2-8H,1H3. The molecule has 2 bridgehead atoms. The average molecular weight is 182 g/mol. The lowest BCUT2D eigenvalue weighted by molar-refractivity contribution is -0.156. The Hall–Kier alpha value is -1.16. The highest BCUT2D eigenvalue weighted by molar-refractivity contribution is 5.80. The molecule has 1 saturated heterocycles. The van der Waals surface area contributed by atoms with E-state index in [2.05, 4.69) is 4.74 Å². The number of hydrogen-bond donors (Lipinski definition) is 0. The van der Waals surface area contributed by atoms with Crippen LogP contribution in [-0.4, -0.2) is 24.6 Å². The van der Waals surface area contributed by atoms with Crippen LogP contribution in [0.15, 0.2) is 12.2 Å². The topological polar surface area (TPSA) is 52.6 Å². The SMILES string of the molecule is CC1C2C=CC(O2)C1C(=O)OC=O. The van der Waals surface area contributed by atoms with Crippen molar-refractivity contribution in [3.05, 3.63) is 12.2 Å². The summed E-state index contributed by atoms with van der Waals surface area (Å²) in [5, 5.41) is 0. The first-order chi connectivity index (χ1) is 6.24. The molecule has 1 fully saturated rings. The van der Waals surface area contributed by atoms with Crippen molar-refractivity contribution < 1.29 is 19.1 Å². The molecule has 2 aliphatic heterocycles. The molecule has 0 radical (unpaired) electrons. The minimum atomic E-state index is -0.487. The van der Waals surface area contributed by atoms with Crippen molar-refractivity contribution in [3.63, 3.8) is 0 Å². The van der Waals surface area contributed by atoms with E-state index < -0.39 is 5.97 Å². The molecule has 4 nitrogen and oxygen atoms in total. The summed E-state index contributed by atoms with van der Waals surface area (Å²) in [6.45, 7) is 2.09. The summed E-state index contributed by atoms with van der Waals surface area (Å²) in [5.74, 6) is -0.706. The summed E-state index contributed by atoms with van der Waals surface area (Å²) in [4.78, 5) is 21.3. The highest BCUT2D eigenvalue weighted by atomic mass is 16.6. The van der Waals surface area contributed by atoms with Gasteiger partial charge in [0.1, 0.15) is 0 Å². The fourth-order valence-electron chi connectivity index (χ4n) is 1.97. The predicted octanol–water partition coefficient (Wildman–Crippen LogP) is 0.275. The normalized spacial score (nSPS) is 40.7. The summed E-state index contributed by atoms with van der Waals surface area (Å²) in [6, 6.07) is 0. The van der Waals surface area contributed by atoms with Gasteiger partial charge in [0.25, 0.3) is 0 Å². The van der Waals surface area contributed by atoms with E-state index in [-0.39, 0.29) is 30.5 Å². The van der Waals surface area contributed by atoms with Crippen molar-refractivity contribution in [1.29, 1.82) is 0 Å². The van der Waals surface area contributed by atoms with Crippen molar-refractivity contribution >= 4 is 12.4 Å². The van der Waals surface area contributed by atoms with E-state index in [9.17, 15) is 9.59 Å². The number of hydrogen-bond acceptors (Lipinski definition) is 4. The summed E-state index contributed by atoms with van der Waals surface area (Å²) < 4.78 is 9.75. The maximum atomic E-state index is 11.3. The molecule has 2 rings (SSSR count). The van der Waals surface area contributed by atoms with E-state index in [1.807, 2.05) is 19.1 Å². The van der Waals surface area contributed by atoms with E-state index in [1.54, 1.807) is 0 Å². The molecular formula is C9H10O4. The first kappa shape index (κ1) is 8.44. The highest BCUT2D eigenvalue weighted by Crippen LogP contribution is 2.39. The van der Waals surface area contributed by atoms with Crippen LogP contribution in [0.5, 0.6) is 0 Å². The lowest BCUT2D eigenvalue weighted by Crippen LogP contribution is -2.30. The second-order valence-corrected chi connectivity index (χ2v) is 3.37. The first-order valence-electron chi connectivity index (χ1n) is 4.22. The van der Waals surface area contributed by atoms with Gasteiger partial charge in [-0.3, -0.25) is 9.59 Å². The Morgan fingerprint density at radius 3 is 2.69 bits per heavy atom. The maximum Gasteiger partial charge on any atom is 0.319 e. The molecule has 0 aromatic heterocycles. The van der Waals surface area contributed by atoms with Crippen LogP contribution in [0.25, 0.3) is 0 Å². The van der Waals surface area contributed by atoms with E-state index in [4.69, 9.17) is 4.74 Å². The molecule has 0 N–H and O–H groups in total. The number of fused-ring (bicyclic) bond motifs is 2. The summed E-state index contributed by atoms with van der Waals surface area (Å²) >= 11 is 0. The zero-order valence-electron chi connectivity index (χ0n) is 7.17. The molecule has 13 heavy (non-hydrogen) atoms. The van der Waals surface area contributed by atoms with Gasteiger partial charge in [0, 0.05) is 5.92 Å². The molecule has 0 aromatic carbocycles. The molecular weight excluding hydrogens is 172 g/mol. The summed E-state index contributed by atoms with van der Waals surface area (Å²) in [5.41, 5.74) is 0. The van der Waals surface area contributed by atoms with Crippen LogP contribution in [0.4, 0.5) is 0 Å². The first-order valence-corrected chi connectivity index (χ1v) is 4.22. The average Bonchev–Trinajstić information content (AvgIpc) is 2.63. The molecule has 0 spiro atoms. The largest absolute Gasteiger partial charge is 0.395 e. The molecule has 0 aromatic rings. The molecule has 0 amide bonds. The fraction of sp³-hybridized carbons (Fsp3) is 0.556. The zero-order chi connectivity index (χ0) is 9.42. The number of rotatable bonds is 2. The molecule has 0 saturated carbocycles. The Morgan fingerprint density at radius 2 is 2.15 bits per heavy atom. The van der Waals surface area contributed by atoms with Crippen molar-refractivity contribution in [2.45, 2.75) is 19.1 Å². The number of ether oxygens (including phenoxy) is 2. The van der Waals surface area contributed by atoms with Crippen LogP contribution in [0.2, 0.25) is 0 Å². The second-order valence-electron chi connectivity index (χ2n) is 3.37. The molecule has 4 atom stereocenters. The summed E-state index contributed by atoms with van der Waals surface area (Å²) in [7, 11) is 0. The molecule has 0 aliphatic carbocycles. The minimum absolute atomic E-state index is 0.00852. The van der Waals surface area contributed by atoms with Gasteiger partial charge >= 0.3 is 12.4 Å². The van der Waals surface area contributed by atoms with Gasteiger partial charge in [0.2, 0.25) is 0 Å². The van der Waals surface area contributed by atoms with Gasteiger partial charge in [-0.2, -0.15) is 0 Å². The Kier molecular flexibility index (Phi) is 1.92. The monoisotopic (exact) mass is 182 g/mol. The van der Waals surface area contributed by atoms with Gasteiger partial charge in [0.05, 0.1) is 18.1 Å². The smallest absolute Gasteiger partial charge is 0.319 e. The maximum absolute atomic E-state index is 11.3. The third-order valence-corrected chi connectivity index (χ3v) is 2.68. The van der Waals surface area contributed by atoms with E-state index >= 15 is 0 Å². The lowest BCUT2D eigenvalue weighted by atomic mass is 9.84. The predicted molar refractivity (Wildman–Crippen MR) is 42.6 cm³/mol. The van der Waals surface area contributed by atoms with E-state index in [1.165, 1.54) is 0 Å². The van der Waals surface area contributed by atoms with Crippen LogP contribution in [0.1, 0.15) is 6.92 Å². The molecule has 2 heterocycles. The van der Waals surface area contributed by atoms with Crippen molar-refractivity contribution in [2.24, 2.45) is 11.8 Å². The summed E-state index contributed by atoms with van der Waals surface area (Å²) in [6.07, 6.45) is 3.60. The minimum Gasteiger partial charge on any atom is -0.395 e. The van der Waals surface area contributed by atoms with Crippen LogP contribution >= 0.6 is 0 Å². The number of carbonyl (C=O) groups is 2. The molecule has 70 valence electrons. The third kappa shape index (κ3) is 1.18. The van der Waals surface area contributed by atoms with Gasteiger partial charge in [-0.05, 0) is 0 Å². The van der Waals surface area contributed by atoms with Crippen molar-refractivity contribution in [1.82, 2.24) is 0 Å². The Balaban J connectivity index is 2.12. The molecule has 4 unspecified atom stereocenters. The van der Waals surface area contributed by atoms with Crippen LogP contribution in [0.3, 0.4) is 0 Å². The second kappa shape index (κ2) is 2.96. The van der Waals surface area contributed by atoms with Gasteiger partial charge in [0.15, 0.2) is 0 Å². The number of carbonyl (C=O) groups excluding carboxylic acids is 2. The van der Waals surface area contributed by atoms with Crippen molar-refractivity contribution in [3.8, 4) is 0 Å². The lowest BCUT2D eigenvalue weighted by Gasteiger charge is -2.17. The third-order valence-electron chi connectivity index (χ3n) is 2.68. The highest BCUT2D eigenvalue weighted by Gasteiger charge is 2.47. The molecule has 2 aliphatic rings. The van der Waals surface area contributed by atoms with Gasteiger partial charge in [-0.1, -0.05) is 19.1 Å². The Bertz CT molecular complexity index is 271.